The molecule has 2 aliphatic rings. The van der Waals surface area contributed by atoms with Gasteiger partial charge in [-0.2, -0.15) is 10.1 Å². The lowest BCUT2D eigenvalue weighted by Gasteiger charge is -2.53. The van der Waals surface area contributed by atoms with E-state index in [4.69, 9.17) is 19.1 Å². The average Bonchev–Trinajstić information content (AvgIpc) is 3.01. The van der Waals surface area contributed by atoms with Gasteiger partial charge in [-0.05, 0) is 80.4 Å². The van der Waals surface area contributed by atoms with Gasteiger partial charge in [0.05, 0.1) is 24.3 Å². The molecule has 0 N–H and O–H groups in total. The maximum atomic E-state index is 13.7. The molecule has 1 aromatic carbocycles. The van der Waals surface area contributed by atoms with Crippen LogP contribution in [0, 0.1) is 0 Å². The number of benzene rings is 1. The molecule has 0 spiro atoms. The molecule has 8 heteroatoms. The predicted octanol–water partition coefficient (Wildman–Crippen LogP) is 10.6. The number of esters is 2. The van der Waals surface area contributed by atoms with Gasteiger partial charge in [-0.1, -0.05) is 90.2 Å². The Bertz CT molecular complexity index is 1070. The van der Waals surface area contributed by atoms with Crippen molar-refractivity contribution < 1.29 is 28.7 Å². The van der Waals surface area contributed by atoms with Crippen LogP contribution < -0.4 is 0 Å². The highest BCUT2D eigenvalue weighted by Crippen LogP contribution is 2.42. The van der Waals surface area contributed by atoms with E-state index in [2.05, 4.69) is 79.4 Å². The van der Waals surface area contributed by atoms with Crippen LogP contribution in [-0.4, -0.2) is 69.6 Å². The Morgan fingerprint density at radius 3 is 1.16 bits per heavy atom. The lowest BCUT2D eigenvalue weighted by atomic mass is 9.80. The highest BCUT2D eigenvalue weighted by atomic mass is 16.7. The Balaban J connectivity index is 1.58. The van der Waals surface area contributed by atoms with Crippen molar-refractivity contribution in [2.75, 3.05) is 13.2 Å². The number of hydrogen-bond donors (Lipinski definition) is 0. The highest BCUT2D eigenvalue weighted by Gasteiger charge is 2.49. The first-order valence-corrected chi connectivity index (χ1v) is 19.9. The Morgan fingerprint density at radius 2 is 0.840 bits per heavy atom. The van der Waals surface area contributed by atoms with Crippen LogP contribution >= 0.6 is 0 Å². The number of unbranched alkanes of at least 4 members (excludes halogenated alkanes) is 10. The molecule has 0 bridgehead atoms. The van der Waals surface area contributed by atoms with Crippen molar-refractivity contribution >= 4 is 11.9 Å². The molecule has 0 radical (unpaired) electrons. The second kappa shape index (κ2) is 19.2. The van der Waals surface area contributed by atoms with E-state index in [1.54, 1.807) is 24.3 Å². The van der Waals surface area contributed by atoms with Gasteiger partial charge in [0.2, 0.25) is 0 Å². The fraction of sp³-hybridized carbons (Fsp3) is 0.810. The maximum Gasteiger partial charge on any atom is 0.339 e. The van der Waals surface area contributed by atoms with Crippen LogP contribution in [0.1, 0.15) is 193 Å². The molecule has 286 valence electrons. The second-order valence-electron chi connectivity index (χ2n) is 17.5. The third-order valence-corrected chi connectivity index (χ3v) is 10.5. The number of hydroxylamine groups is 4. The smallest absolute Gasteiger partial charge is 0.339 e. The molecule has 2 fully saturated rings. The van der Waals surface area contributed by atoms with E-state index in [-0.39, 0.29) is 45.5 Å². The van der Waals surface area contributed by atoms with Crippen molar-refractivity contribution in [3.05, 3.63) is 35.4 Å². The fourth-order valence-electron chi connectivity index (χ4n) is 8.55. The summed E-state index contributed by atoms with van der Waals surface area (Å²) in [6, 6.07) is 6.87. The number of ether oxygens (including phenoxy) is 2. The van der Waals surface area contributed by atoms with Gasteiger partial charge in [-0.3, -0.25) is 9.68 Å². The lowest BCUT2D eigenvalue weighted by Crippen LogP contribution is -2.62. The predicted molar refractivity (Wildman–Crippen MR) is 202 cm³/mol. The zero-order chi connectivity index (χ0) is 37.0. The Kier molecular flexibility index (Phi) is 16.3. The van der Waals surface area contributed by atoms with Crippen molar-refractivity contribution in [3.8, 4) is 0 Å². The van der Waals surface area contributed by atoms with Crippen LogP contribution in [0.2, 0.25) is 0 Å². The standard InChI is InChI=1S/C42H72N2O6/c1-11-13-15-17-19-23-27-47-43-39(3,4)29-33(30-40(43,5)6)49-37(45)35-25-21-22-26-36(35)38(46)50-34-31-41(7,8)44(42(9,10)32-34)48-28-24-20-18-16-14-12-2/h21-22,25-26,33-34H,11-20,23-24,27-32H2,1-10H3. The van der Waals surface area contributed by atoms with E-state index in [9.17, 15) is 9.59 Å². The molecule has 0 saturated carbocycles. The molecule has 2 heterocycles. The minimum Gasteiger partial charge on any atom is -0.459 e. The zero-order valence-corrected chi connectivity index (χ0v) is 33.5. The summed E-state index contributed by atoms with van der Waals surface area (Å²) in [5.74, 6) is -0.983. The monoisotopic (exact) mass is 701 g/mol. The highest BCUT2D eigenvalue weighted by molar-refractivity contribution is 6.03. The summed E-state index contributed by atoms with van der Waals surface area (Å²) in [6.45, 7) is 23.0. The van der Waals surface area contributed by atoms with Gasteiger partial charge in [-0.25, -0.2) is 9.59 Å². The molecule has 3 rings (SSSR count). The number of hydrogen-bond acceptors (Lipinski definition) is 8. The quantitative estimate of drug-likeness (QED) is 0.0983. The molecular weight excluding hydrogens is 628 g/mol. The third-order valence-electron chi connectivity index (χ3n) is 10.5. The van der Waals surface area contributed by atoms with Crippen LogP contribution in [0.4, 0.5) is 0 Å². The van der Waals surface area contributed by atoms with Crippen LogP contribution in [0.25, 0.3) is 0 Å². The topological polar surface area (TPSA) is 77.5 Å². The third kappa shape index (κ3) is 12.3. The summed E-state index contributed by atoms with van der Waals surface area (Å²) in [5, 5.41) is 4.24. The van der Waals surface area contributed by atoms with Gasteiger partial charge in [-0.15, -0.1) is 0 Å². The first kappa shape index (κ1) is 42.4. The van der Waals surface area contributed by atoms with Gasteiger partial charge in [0.15, 0.2) is 0 Å². The lowest BCUT2D eigenvalue weighted by molar-refractivity contribution is -0.292. The van der Waals surface area contributed by atoms with Gasteiger partial charge in [0, 0.05) is 47.8 Å². The molecule has 8 nitrogen and oxygen atoms in total. The van der Waals surface area contributed by atoms with E-state index in [0.29, 0.717) is 38.9 Å². The van der Waals surface area contributed by atoms with Crippen molar-refractivity contribution in [1.29, 1.82) is 0 Å². The van der Waals surface area contributed by atoms with Crippen LogP contribution in [0.15, 0.2) is 24.3 Å². The SMILES string of the molecule is CCCCCCCCON1C(C)(C)CC(OC(=O)c2ccccc2C(=O)OC2CC(C)(C)N(OCCCCCCCC)C(C)(C)C2)CC1(C)C. The van der Waals surface area contributed by atoms with Gasteiger partial charge in [0.25, 0.3) is 0 Å². The van der Waals surface area contributed by atoms with E-state index in [0.717, 1.165) is 12.8 Å². The maximum absolute atomic E-state index is 13.7. The molecule has 2 saturated heterocycles. The summed E-state index contributed by atoms with van der Waals surface area (Å²) >= 11 is 0. The first-order chi connectivity index (χ1) is 23.5. The van der Waals surface area contributed by atoms with E-state index < -0.39 is 11.9 Å². The normalized spacial score (nSPS) is 20.8. The average molecular weight is 701 g/mol. The molecule has 2 aliphatic heterocycles. The number of piperidine rings is 2. The summed E-state index contributed by atoms with van der Waals surface area (Å²) in [4.78, 5) is 40.2. The molecule has 50 heavy (non-hydrogen) atoms. The van der Waals surface area contributed by atoms with Crippen molar-refractivity contribution in [1.82, 2.24) is 10.1 Å². The zero-order valence-electron chi connectivity index (χ0n) is 33.5. The number of carbonyl (C=O) groups excluding carboxylic acids is 2. The Hall–Kier alpha value is -2.00. The van der Waals surface area contributed by atoms with Gasteiger partial charge < -0.3 is 9.47 Å². The molecule has 0 atom stereocenters. The van der Waals surface area contributed by atoms with Crippen LogP contribution in [0.5, 0.6) is 0 Å². The molecule has 0 aliphatic carbocycles. The van der Waals surface area contributed by atoms with E-state index >= 15 is 0 Å². The molecule has 0 aromatic heterocycles. The Morgan fingerprint density at radius 1 is 0.540 bits per heavy atom. The number of carbonyl (C=O) groups is 2. The molecule has 0 unspecified atom stereocenters. The fourth-order valence-corrected chi connectivity index (χ4v) is 8.55. The largest absolute Gasteiger partial charge is 0.459 e. The minimum absolute atomic E-state index is 0.244. The molecule has 1 aromatic rings. The van der Waals surface area contributed by atoms with Crippen LogP contribution in [-0.2, 0) is 19.1 Å². The summed E-state index contributed by atoms with van der Waals surface area (Å²) in [7, 11) is 0. The van der Waals surface area contributed by atoms with Gasteiger partial charge >= 0.3 is 11.9 Å². The summed E-state index contributed by atoms with van der Waals surface area (Å²) in [5.41, 5.74) is -0.845. The second-order valence-corrected chi connectivity index (χ2v) is 17.5. The number of nitrogens with zero attached hydrogens (tertiary/aromatic N) is 2. The molecule has 0 amide bonds. The minimum atomic E-state index is -0.492. The van der Waals surface area contributed by atoms with Crippen molar-refractivity contribution in [3.63, 3.8) is 0 Å². The summed E-state index contributed by atoms with van der Waals surface area (Å²) < 4.78 is 12.3. The Labute approximate surface area is 305 Å². The van der Waals surface area contributed by atoms with Crippen molar-refractivity contribution in [2.45, 2.75) is 206 Å². The van der Waals surface area contributed by atoms with Gasteiger partial charge in [0.1, 0.15) is 12.2 Å². The van der Waals surface area contributed by atoms with Crippen LogP contribution in [0.3, 0.4) is 0 Å². The summed E-state index contributed by atoms with van der Waals surface area (Å²) in [6.07, 6.45) is 16.5. The van der Waals surface area contributed by atoms with E-state index in [1.165, 1.54) is 64.2 Å². The first-order valence-electron chi connectivity index (χ1n) is 19.9. The van der Waals surface area contributed by atoms with E-state index in [1.807, 2.05) is 0 Å². The van der Waals surface area contributed by atoms with Crippen molar-refractivity contribution in [2.24, 2.45) is 0 Å². The molecular formula is C42H72N2O6. The number of rotatable bonds is 20.